The van der Waals surface area contributed by atoms with E-state index in [-0.39, 0.29) is 13.0 Å². The van der Waals surface area contributed by atoms with E-state index in [4.69, 9.17) is 9.84 Å². The molecule has 2 rings (SSSR count). The molecule has 0 unspecified atom stereocenters. The Balaban J connectivity index is 1.91. The van der Waals surface area contributed by atoms with E-state index >= 15 is 0 Å². The van der Waals surface area contributed by atoms with Gasteiger partial charge in [-0.05, 0) is 35.4 Å². The normalized spacial score (nSPS) is 10.6. The summed E-state index contributed by atoms with van der Waals surface area (Å²) in [5.41, 5.74) is 2.13. The molecule has 0 atom stereocenters. The lowest BCUT2D eigenvalue weighted by atomic mass is 10.1. The second kappa shape index (κ2) is 7.09. The third-order valence-corrected chi connectivity index (χ3v) is 2.64. The molecule has 0 amide bonds. The van der Waals surface area contributed by atoms with E-state index in [1.165, 1.54) is 0 Å². The maximum absolute atomic E-state index is 10.4. The molecule has 20 heavy (non-hydrogen) atoms. The van der Waals surface area contributed by atoms with Crippen LogP contribution in [0.15, 0.2) is 48.8 Å². The fraction of sp³-hybridized carbons (Fsp3) is 0.125. The molecule has 0 radical (unpaired) electrons. The second-order valence-corrected chi connectivity index (χ2v) is 4.18. The zero-order valence-corrected chi connectivity index (χ0v) is 10.9. The van der Waals surface area contributed by atoms with Crippen molar-refractivity contribution in [3.63, 3.8) is 0 Å². The third-order valence-electron chi connectivity index (χ3n) is 2.64. The van der Waals surface area contributed by atoms with Gasteiger partial charge in [0.25, 0.3) is 0 Å². The van der Waals surface area contributed by atoms with Crippen molar-refractivity contribution in [3.8, 4) is 5.75 Å². The van der Waals surface area contributed by atoms with Gasteiger partial charge in [0.2, 0.25) is 0 Å². The summed E-state index contributed by atoms with van der Waals surface area (Å²) in [6.07, 6.45) is 7.50. The molecule has 0 aliphatic carbocycles. The summed E-state index contributed by atoms with van der Waals surface area (Å²) < 4.78 is 5.32. The van der Waals surface area contributed by atoms with Crippen molar-refractivity contribution in [1.29, 1.82) is 0 Å². The van der Waals surface area contributed by atoms with Gasteiger partial charge in [0.05, 0.1) is 13.0 Å². The summed E-state index contributed by atoms with van der Waals surface area (Å²) in [5.74, 6) is -0.186. The van der Waals surface area contributed by atoms with Crippen LogP contribution < -0.4 is 4.74 Å². The minimum absolute atomic E-state index is 0.00367. The molecule has 0 spiro atoms. The highest BCUT2D eigenvalue weighted by Gasteiger charge is 1.98. The minimum atomic E-state index is -0.859. The lowest BCUT2D eigenvalue weighted by Crippen LogP contribution is -2.04. The number of carboxylic acids is 1. The average Bonchev–Trinajstić information content (AvgIpc) is 2.47. The molecule has 4 heteroatoms. The molecule has 4 nitrogen and oxygen atoms in total. The highest BCUT2D eigenvalue weighted by molar-refractivity contribution is 5.69. The minimum Gasteiger partial charge on any atom is -0.493 e. The quantitative estimate of drug-likeness (QED) is 0.875. The van der Waals surface area contributed by atoms with Crippen molar-refractivity contribution in [3.05, 3.63) is 59.9 Å². The number of nitrogens with zero attached hydrogens (tertiary/aromatic N) is 1. The summed E-state index contributed by atoms with van der Waals surface area (Å²) in [6, 6.07) is 11.4. The van der Waals surface area contributed by atoms with E-state index < -0.39 is 5.97 Å². The first kappa shape index (κ1) is 13.8. The Labute approximate surface area is 117 Å². The molecule has 0 fully saturated rings. The summed E-state index contributed by atoms with van der Waals surface area (Å²) in [7, 11) is 0. The summed E-state index contributed by atoms with van der Waals surface area (Å²) in [5, 5.41) is 8.52. The Kier molecular flexibility index (Phi) is 4.89. The van der Waals surface area contributed by atoms with Gasteiger partial charge < -0.3 is 9.84 Å². The summed E-state index contributed by atoms with van der Waals surface area (Å²) in [6.45, 7) is 0.182. The number of ether oxygens (including phenoxy) is 1. The summed E-state index contributed by atoms with van der Waals surface area (Å²) >= 11 is 0. The van der Waals surface area contributed by atoms with Crippen LogP contribution in [0.2, 0.25) is 0 Å². The number of aliphatic carboxylic acids is 1. The number of aromatic nitrogens is 1. The van der Waals surface area contributed by atoms with Crippen LogP contribution in [0.25, 0.3) is 12.2 Å². The molecule has 0 aliphatic rings. The molecule has 1 heterocycles. The zero-order chi connectivity index (χ0) is 14.2. The van der Waals surface area contributed by atoms with Crippen molar-refractivity contribution in [1.82, 2.24) is 4.98 Å². The lowest BCUT2D eigenvalue weighted by Gasteiger charge is -2.04. The van der Waals surface area contributed by atoms with Crippen molar-refractivity contribution >= 4 is 18.1 Å². The van der Waals surface area contributed by atoms with Gasteiger partial charge in [0, 0.05) is 12.4 Å². The van der Waals surface area contributed by atoms with Gasteiger partial charge in [-0.25, -0.2) is 0 Å². The Morgan fingerprint density at radius 3 is 2.25 bits per heavy atom. The highest BCUT2D eigenvalue weighted by Crippen LogP contribution is 2.14. The van der Waals surface area contributed by atoms with Crippen LogP contribution in [0, 0.1) is 0 Å². The first-order chi connectivity index (χ1) is 9.74. The maximum atomic E-state index is 10.4. The largest absolute Gasteiger partial charge is 0.493 e. The van der Waals surface area contributed by atoms with Crippen LogP contribution in [-0.4, -0.2) is 22.7 Å². The van der Waals surface area contributed by atoms with Gasteiger partial charge in [0.15, 0.2) is 0 Å². The van der Waals surface area contributed by atoms with E-state index in [9.17, 15) is 4.79 Å². The first-order valence-corrected chi connectivity index (χ1v) is 6.27. The Morgan fingerprint density at radius 1 is 1.05 bits per heavy atom. The van der Waals surface area contributed by atoms with Crippen molar-refractivity contribution in [2.45, 2.75) is 6.42 Å². The third kappa shape index (κ3) is 4.57. The van der Waals surface area contributed by atoms with Gasteiger partial charge in [-0.3, -0.25) is 9.78 Å². The fourth-order valence-electron chi connectivity index (χ4n) is 1.60. The first-order valence-electron chi connectivity index (χ1n) is 6.27. The standard InChI is InChI=1S/C16H15NO3/c18-16(19)9-12-20-15-5-3-13(4-6-15)1-2-14-7-10-17-11-8-14/h1-8,10-11H,9,12H2,(H,18,19)/b2-1+. The van der Waals surface area contributed by atoms with Crippen LogP contribution in [0.5, 0.6) is 5.75 Å². The molecule has 0 aliphatic heterocycles. The van der Waals surface area contributed by atoms with Gasteiger partial charge in [0.1, 0.15) is 5.75 Å². The van der Waals surface area contributed by atoms with Gasteiger partial charge >= 0.3 is 5.97 Å². The monoisotopic (exact) mass is 269 g/mol. The van der Waals surface area contributed by atoms with Crippen LogP contribution in [0.1, 0.15) is 17.5 Å². The van der Waals surface area contributed by atoms with E-state index in [0.29, 0.717) is 5.75 Å². The molecule has 102 valence electrons. The molecule has 0 bridgehead atoms. The Bertz CT molecular complexity index is 576. The SMILES string of the molecule is O=C(O)CCOc1ccc(/C=C/c2ccncc2)cc1. The second-order valence-electron chi connectivity index (χ2n) is 4.18. The molecule has 1 aromatic heterocycles. The Morgan fingerprint density at radius 2 is 1.65 bits per heavy atom. The van der Waals surface area contributed by atoms with Crippen LogP contribution in [0.3, 0.4) is 0 Å². The molecule has 1 N–H and O–H groups in total. The predicted molar refractivity (Wildman–Crippen MR) is 77.4 cm³/mol. The maximum Gasteiger partial charge on any atom is 0.306 e. The van der Waals surface area contributed by atoms with Gasteiger partial charge in [-0.2, -0.15) is 0 Å². The number of pyridine rings is 1. The fourth-order valence-corrected chi connectivity index (χ4v) is 1.60. The molecule has 2 aromatic rings. The number of benzene rings is 1. The molecule has 0 saturated carbocycles. The number of hydrogen-bond acceptors (Lipinski definition) is 3. The molecular weight excluding hydrogens is 254 g/mol. The van der Waals surface area contributed by atoms with Gasteiger partial charge in [-0.15, -0.1) is 0 Å². The zero-order valence-electron chi connectivity index (χ0n) is 10.9. The number of carboxylic acid groups (broad SMARTS) is 1. The van der Waals surface area contributed by atoms with Crippen LogP contribution in [-0.2, 0) is 4.79 Å². The topological polar surface area (TPSA) is 59.4 Å². The smallest absolute Gasteiger partial charge is 0.306 e. The number of hydrogen-bond donors (Lipinski definition) is 1. The Hall–Kier alpha value is -2.62. The number of rotatable bonds is 6. The average molecular weight is 269 g/mol. The molecule has 0 saturated heterocycles. The van der Waals surface area contributed by atoms with E-state index in [1.807, 2.05) is 48.6 Å². The molecule has 1 aromatic carbocycles. The van der Waals surface area contributed by atoms with E-state index in [0.717, 1.165) is 11.1 Å². The molecular formula is C16H15NO3. The van der Waals surface area contributed by atoms with Gasteiger partial charge in [-0.1, -0.05) is 24.3 Å². The van der Waals surface area contributed by atoms with E-state index in [2.05, 4.69) is 4.98 Å². The van der Waals surface area contributed by atoms with Crippen molar-refractivity contribution in [2.24, 2.45) is 0 Å². The lowest BCUT2D eigenvalue weighted by molar-refractivity contribution is -0.137. The van der Waals surface area contributed by atoms with Crippen LogP contribution >= 0.6 is 0 Å². The van der Waals surface area contributed by atoms with Crippen molar-refractivity contribution < 1.29 is 14.6 Å². The summed E-state index contributed by atoms with van der Waals surface area (Å²) in [4.78, 5) is 14.3. The van der Waals surface area contributed by atoms with Crippen LogP contribution in [0.4, 0.5) is 0 Å². The van der Waals surface area contributed by atoms with E-state index in [1.54, 1.807) is 12.4 Å². The van der Waals surface area contributed by atoms with Crippen molar-refractivity contribution in [2.75, 3.05) is 6.61 Å². The number of carbonyl (C=O) groups is 1. The highest BCUT2D eigenvalue weighted by atomic mass is 16.5. The predicted octanol–water partition coefficient (Wildman–Crippen LogP) is 3.11.